The summed E-state index contributed by atoms with van der Waals surface area (Å²) in [5, 5.41) is 0. The lowest BCUT2D eigenvalue weighted by molar-refractivity contribution is 0.0692. The van der Waals surface area contributed by atoms with Crippen LogP contribution < -0.4 is 0 Å². The Kier molecular flexibility index (Phi) is 4.39. The van der Waals surface area contributed by atoms with Gasteiger partial charge in [-0.1, -0.05) is 12.1 Å². The molecule has 1 aliphatic rings. The number of halogens is 1. The molecule has 0 atom stereocenters. The molecule has 0 aromatic heterocycles. The average Bonchev–Trinajstić information content (AvgIpc) is 3.17. The molecule has 0 spiro atoms. The minimum absolute atomic E-state index is 0.0224. The molecule has 0 unspecified atom stereocenters. The third kappa shape index (κ3) is 3.52. The second-order valence-electron chi connectivity index (χ2n) is 5.43. The van der Waals surface area contributed by atoms with Crippen molar-refractivity contribution in [3.05, 3.63) is 29.8 Å². The molecule has 110 valence electrons. The monoisotopic (exact) mass is 315 g/mol. The summed E-state index contributed by atoms with van der Waals surface area (Å²) >= 11 is 0. The van der Waals surface area contributed by atoms with Gasteiger partial charge in [0.2, 0.25) is 0 Å². The van der Waals surface area contributed by atoms with E-state index in [1.54, 1.807) is 17.0 Å². The van der Waals surface area contributed by atoms with Crippen LogP contribution in [0.15, 0.2) is 29.2 Å². The zero-order valence-corrected chi connectivity index (χ0v) is 13.1. The maximum absolute atomic E-state index is 12.6. The van der Waals surface area contributed by atoms with Crippen molar-refractivity contribution in [2.24, 2.45) is 5.92 Å². The molecule has 0 aliphatic heterocycles. The lowest BCUT2D eigenvalue weighted by Crippen LogP contribution is -2.39. The summed E-state index contributed by atoms with van der Waals surface area (Å²) in [6.45, 7) is 4.53. The van der Waals surface area contributed by atoms with Gasteiger partial charge in [0.15, 0.2) is 0 Å². The van der Waals surface area contributed by atoms with Gasteiger partial charge in [0.05, 0.1) is 10.5 Å². The highest BCUT2D eigenvalue weighted by molar-refractivity contribution is 8.13. The molecule has 1 aromatic carbocycles. The van der Waals surface area contributed by atoms with Gasteiger partial charge < -0.3 is 4.90 Å². The fourth-order valence-corrected chi connectivity index (χ4v) is 3.18. The first-order valence-electron chi connectivity index (χ1n) is 6.65. The minimum Gasteiger partial charge on any atom is -0.336 e. The second-order valence-corrected chi connectivity index (χ2v) is 7.96. The van der Waals surface area contributed by atoms with Gasteiger partial charge in [-0.2, -0.15) is 0 Å². The van der Waals surface area contributed by atoms with Crippen LogP contribution in [0.2, 0.25) is 0 Å². The molecule has 6 heteroatoms. The van der Waals surface area contributed by atoms with Gasteiger partial charge in [-0.25, -0.2) is 8.42 Å². The van der Waals surface area contributed by atoms with Crippen LogP contribution >= 0.6 is 10.7 Å². The normalized spacial score (nSPS) is 15.4. The van der Waals surface area contributed by atoms with E-state index in [4.69, 9.17) is 10.7 Å². The Morgan fingerprint density at radius 1 is 1.35 bits per heavy atom. The van der Waals surface area contributed by atoms with E-state index in [1.165, 1.54) is 12.1 Å². The van der Waals surface area contributed by atoms with Crippen LogP contribution in [0.4, 0.5) is 0 Å². The predicted molar refractivity (Wildman–Crippen MR) is 78.4 cm³/mol. The third-order valence-corrected chi connectivity index (χ3v) is 4.80. The Labute approximate surface area is 124 Å². The topological polar surface area (TPSA) is 54.5 Å². The van der Waals surface area contributed by atoms with E-state index in [-0.39, 0.29) is 22.4 Å². The Morgan fingerprint density at radius 3 is 2.45 bits per heavy atom. The molecule has 0 heterocycles. The Hall–Kier alpha value is -1.07. The quantitative estimate of drug-likeness (QED) is 0.785. The first-order chi connectivity index (χ1) is 9.30. The number of benzene rings is 1. The number of carbonyl (C=O) groups is 1. The zero-order valence-electron chi connectivity index (χ0n) is 11.5. The molecular weight excluding hydrogens is 298 g/mol. The molecule has 4 nitrogen and oxygen atoms in total. The number of nitrogens with zero attached hydrogens (tertiary/aromatic N) is 1. The molecule has 0 bridgehead atoms. The molecule has 0 saturated heterocycles. The van der Waals surface area contributed by atoms with Crippen LogP contribution in [0.5, 0.6) is 0 Å². The summed E-state index contributed by atoms with van der Waals surface area (Å²) in [6, 6.07) is 6.11. The van der Waals surface area contributed by atoms with Crippen molar-refractivity contribution >= 4 is 25.6 Å². The smallest absolute Gasteiger partial charge is 0.262 e. The summed E-state index contributed by atoms with van der Waals surface area (Å²) in [5.74, 6) is 0.271. The van der Waals surface area contributed by atoms with E-state index in [1.807, 2.05) is 13.8 Å². The molecule has 0 N–H and O–H groups in total. The standard InChI is InChI=1S/C14H18ClNO3S/c1-10(2)16(9-11-7-8-11)14(17)12-5-3-4-6-13(12)20(15,18)19/h3-6,10-11H,7-9H2,1-2H3. The number of rotatable bonds is 5. The van der Waals surface area contributed by atoms with Gasteiger partial charge in [0, 0.05) is 23.3 Å². The van der Waals surface area contributed by atoms with Crippen LogP contribution in [0.1, 0.15) is 37.0 Å². The van der Waals surface area contributed by atoms with Crippen LogP contribution in [-0.2, 0) is 9.05 Å². The number of hydrogen-bond acceptors (Lipinski definition) is 3. The van der Waals surface area contributed by atoms with Crippen LogP contribution in [0.25, 0.3) is 0 Å². The largest absolute Gasteiger partial charge is 0.336 e. The van der Waals surface area contributed by atoms with E-state index in [9.17, 15) is 13.2 Å². The van der Waals surface area contributed by atoms with Crippen molar-refractivity contribution in [2.45, 2.75) is 37.6 Å². The van der Waals surface area contributed by atoms with Gasteiger partial charge in [0.25, 0.3) is 15.0 Å². The summed E-state index contributed by atoms with van der Waals surface area (Å²) in [5.41, 5.74) is 0.150. The fourth-order valence-electron chi connectivity index (χ4n) is 2.12. The molecule has 0 radical (unpaired) electrons. The van der Waals surface area contributed by atoms with E-state index in [2.05, 4.69) is 0 Å². The average molecular weight is 316 g/mol. The molecule has 2 rings (SSSR count). The van der Waals surface area contributed by atoms with Crippen molar-refractivity contribution in [1.82, 2.24) is 4.90 Å². The van der Waals surface area contributed by atoms with Crippen molar-refractivity contribution in [3.8, 4) is 0 Å². The van der Waals surface area contributed by atoms with Crippen LogP contribution in [0, 0.1) is 5.92 Å². The fraction of sp³-hybridized carbons (Fsp3) is 0.500. The highest BCUT2D eigenvalue weighted by atomic mass is 35.7. The summed E-state index contributed by atoms with van der Waals surface area (Å²) in [4.78, 5) is 14.2. The third-order valence-electron chi connectivity index (χ3n) is 3.42. The van der Waals surface area contributed by atoms with Gasteiger partial charge in [-0.3, -0.25) is 4.79 Å². The Bertz CT molecular complexity index is 609. The number of carbonyl (C=O) groups excluding carboxylic acids is 1. The van der Waals surface area contributed by atoms with Crippen molar-refractivity contribution in [1.29, 1.82) is 0 Å². The van der Waals surface area contributed by atoms with Gasteiger partial charge in [-0.15, -0.1) is 0 Å². The van der Waals surface area contributed by atoms with E-state index in [0.29, 0.717) is 12.5 Å². The van der Waals surface area contributed by atoms with Crippen molar-refractivity contribution in [3.63, 3.8) is 0 Å². The van der Waals surface area contributed by atoms with Crippen LogP contribution in [-0.4, -0.2) is 31.8 Å². The van der Waals surface area contributed by atoms with Crippen LogP contribution in [0.3, 0.4) is 0 Å². The van der Waals surface area contributed by atoms with E-state index in [0.717, 1.165) is 12.8 Å². The van der Waals surface area contributed by atoms with Gasteiger partial charge in [0.1, 0.15) is 0 Å². The minimum atomic E-state index is -3.93. The summed E-state index contributed by atoms with van der Waals surface area (Å²) < 4.78 is 23.2. The Balaban J connectivity index is 2.36. The first-order valence-corrected chi connectivity index (χ1v) is 8.96. The van der Waals surface area contributed by atoms with Crippen molar-refractivity contribution in [2.75, 3.05) is 6.54 Å². The highest BCUT2D eigenvalue weighted by Gasteiger charge is 2.30. The summed E-state index contributed by atoms with van der Waals surface area (Å²) in [6.07, 6.45) is 2.26. The van der Waals surface area contributed by atoms with E-state index >= 15 is 0 Å². The van der Waals surface area contributed by atoms with Gasteiger partial charge in [-0.05, 0) is 44.7 Å². The first kappa shape index (κ1) is 15.3. The zero-order chi connectivity index (χ0) is 14.9. The Morgan fingerprint density at radius 2 is 1.95 bits per heavy atom. The molecule has 1 amide bonds. The SMILES string of the molecule is CC(C)N(CC1CC1)C(=O)c1ccccc1S(=O)(=O)Cl. The predicted octanol–water partition coefficient (Wildman–Crippen LogP) is 2.87. The molecule has 1 aliphatic carbocycles. The molecule has 1 saturated carbocycles. The molecule has 20 heavy (non-hydrogen) atoms. The number of hydrogen-bond donors (Lipinski definition) is 0. The lowest BCUT2D eigenvalue weighted by atomic mass is 10.1. The molecular formula is C14H18ClNO3S. The number of amides is 1. The maximum atomic E-state index is 12.6. The highest BCUT2D eigenvalue weighted by Crippen LogP contribution is 2.31. The van der Waals surface area contributed by atoms with E-state index < -0.39 is 9.05 Å². The lowest BCUT2D eigenvalue weighted by Gasteiger charge is -2.27. The summed E-state index contributed by atoms with van der Waals surface area (Å²) in [7, 11) is 1.49. The maximum Gasteiger partial charge on any atom is 0.262 e. The van der Waals surface area contributed by atoms with Crippen molar-refractivity contribution < 1.29 is 13.2 Å². The second kappa shape index (κ2) is 5.74. The molecule has 1 fully saturated rings. The molecule has 1 aromatic rings. The van der Waals surface area contributed by atoms with Gasteiger partial charge >= 0.3 is 0 Å².